The van der Waals surface area contributed by atoms with E-state index < -0.39 is 23.4 Å². The van der Waals surface area contributed by atoms with E-state index in [2.05, 4.69) is 6.58 Å². The lowest BCUT2D eigenvalue weighted by molar-refractivity contribution is -0.136. The first kappa shape index (κ1) is 8.84. The number of carbonyl (C=O) groups is 2. The van der Waals surface area contributed by atoms with Crippen molar-refractivity contribution in [1.29, 1.82) is 0 Å². The van der Waals surface area contributed by atoms with Crippen LogP contribution in [0.1, 0.15) is 6.92 Å². The summed E-state index contributed by atoms with van der Waals surface area (Å²) in [5, 5.41) is 16.7. The molecule has 56 valence electrons. The number of hydrogen-bond donors (Lipinski definition) is 2. The van der Waals surface area contributed by atoms with Crippen molar-refractivity contribution in [3.8, 4) is 0 Å². The Balaban J connectivity index is 4.24. The van der Waals surface area contributed by atoms with Crippen molar-refractivity contribution in [2.75, 3.05) is 0 Å². The van der Waals surface area contributed by atoms with E-state index in [1.165, 1.54) is 6.92 Å². The van der Waals surface area contributed by atoms with Crippen molar-refractivity contribution < 1.29 is 19.8 Å². The van der Waals surface area contributed by atoms with Crippen LogP contribution in [0.2, 0.25) is 0 Å². The molecule has 4 nitrogen and oxygen atoms in total. The number of carboxylic acids is 1. The molecule has 1 atom stereocenters. The van der Waals surface area contributed by atoms with Gasteiger partial charge in [-0.05, 0) is 6.92 Å². The Bertz CT molecular complexity index is 180. The lowest BCUT2D eigenvalue weighted by atomic mass is 10.1. The fraction of sp³-hybridized carbons (Fsp3) is 0.333. The van der Waals surface area contributed by atoms with Crippen LogP contribution in [0.3, 0.4) is 0 Å². The minimum atomic E-state index is -1.40. The lowest BCUT2D eigenvalue weighted by Crippen LogP contribution is -2.22. The summed E-state index contributed by atoms with van der Waals surface area (Å²) < 4.78 is 0. The third-order valence-electron chi connectivity index (χ3n) is 0.935. The SMILES string of the molecule is C=C(C(=O)O)C(=O)C(C)O. The number of aliphatic carboxylic acids is 1. The molecule has 2 N–H and O–H groups in total. The minimum absolute atomic E-state index is 0.588. The summed E-state index contributed by atoms with van der Waals surface area (Å²) in [6.07, 6.45) is -1.29. The predicted molar refractivity (Wildman–Crippen MR) is 33.5 cm³/mol. The average Bonchev–Trinajstić information content (AvgIpc) is 1.84. The molecule has 0 fully saturated rings. The Kier molecular flexibility index (Phi) is 2.76. The molecule has 0 spiro atoms. The summed E-state index contributed by atoms with van der Waals surface area (Å²) in [5.74, 6) is -2.25. The van der Waals surface area contributed by atoms with E-state index in [0.717, 1.165) is 0 Å². The number of hydrogen-bond acceptors (Lipinski definition) is 3. The maximum atomic E-state index is 10.6. The van der Waals surface area contributed by atoms with Gasteiger partial charge in [0.05, 0.1) is 5.57 Å². The first-order valence-corrected chi connectivity index (χ1v) is 2.61. The zero-order chi connectivity index (χ0) is 8.31. The highest BCUT2D eigenvalue weighted by atomic mass is 16.4. The zero-order valence-electron chi connectivity index (χ0n) is 5.50. The number of carboxylic acid groups (broad SMARTS) is 1. The molecule has 0 amide bonds. The van der Waals surface area contributed by atoms with Crippen LogP contribution in [0.15, 0.2) is 12.2 Å². The Hall–Kier alpha value is -1.16. The van der Waals surface area contributed by atoms with E-state index in [0.29, 0.717) is 0 Å². The van der Waals surface area contributed by atoms with Crippen molar-refractivity contribution in [3.63, 3.8) is 0 Å². The van der Waals surface area contributed by atoms with E-state index in [9.17, 15) is 9.59 Å². The van der Waals surface area contributed by atoms with Crippen LogP contribution in [0.25, 0.3) is 0 Å². The fourth-order valence-corrected chi connectivity index (χ4v) is 0.358. The molecule has 0 aliphatic rings. The van der Waals surface area contributed by atoms with Gasteiger partial charge in [-0.15, -0.1) is 0 Å². The van der Waals surface area contributed by atoms with Gasteiger partial charge in [-0.25, -0.2) is 4.79 Å². The molecule has 0 saturated heterocycles. The van der Waals surface area contributed by atoms with Crippen LogP contribution in [0.5, 0.6) is 0 Å². The summed E-state index contributed by atoms with van der Waals surface area (Å²) in [4.78, 5) is 20.6. The van der Waals surface area contributed by atoms with Crippen LogP contribution in [0.4, 0.5) is 0 Å². The number of Topliss-reactive ketones (excluding diaryl/α,β-unsaturated/α-hetero) is 1. The van der Waals surface area contributed by atoms with E-state index in [1.54, 1.807) is 0 Å². The fourth-order valence-electron chi connectivity index (χ4n) is 0.358. The number of rotatable bonds is 3. The molecule has 10 heavy (non-hydrogen) atoms. The molecule has 0 saturated carbocycles. The van der Waals surface area contributed by atoms with Gasteiger partial charge >= 0.3 is 5.97 Å². The summed E-state index contributed by atoms with van der Waals surface area (Å²) >= 11 is 0. The van der Waals surface area contributed by atoms with E-state index in [-0.39, 0.29) is 0 Å². The molecule has 1 unspecified atom stereocenters. The second kappa shape index (κ2) is 3.12. The monoisotopic (exact) mass is 144 g/mol. The maximum Gasteiger partial charge on any atom is 0.338 e. The first-order valence-electron chi connectivity index (χ1n) is 2.61. The van der Waals surface area contributed by atoms with Crippen LogP contribution >= 0.6 is 0 Å². The number of aliphatic hydroxyl groups excluding tert-OH is 1. The molecular weight excluding hydrogens is 136 g/mol. The number of aliphatic hydroxyl groups is 1. The van der Waals surface area contributed by atoms with Gasteiger partial charge in [0, 0.05) is 0 Å². The molecule has 0 bridgehead atoms. The van der Waals surface area contributed by atoms with Crippen molar-refractivity contribution in [2.45, 2.75) is 13.0 Å². The van der Waals surface area contributed by atoms with Gasteiger partial charge in [-0.3, -0.25) is 4.79 Å². The van der Waals surface area contributed by atoms with Crippen molar-refractivity contribution in [1.82, 2.24) is 0 Å². The summed E-state index contributed by atoms with van der Waals surface area (Å²) in [7, 11) is 0. The van der Waals surface area contributed by atoms with Gasteiger partial charge in [0.2, 0.25) is 0 Å². The predicted octanol–water partition coefficient (Wildman–Crippen LogP) is -0.423. The quantitative estimate of drug-likeness (QED) is 0.320. The average molecular weight is 144 g/mol. The van der Waals surface area contributed by atoms with Crippen molar-refractivity contribution in [3.05, 3.63) is 12.2 Å². The smallest absolute Gasteiger partial charge is 0.338 e. The minimum Gasteiger partial charge on any atom is -0.478 e. The molecule has 0 aromatic carbocycles. The Morgan fingerprint density at radius 1 is 1.50 bits per heavy atom. The highest BCUT2D eigenvalue weighted by molar-refractivity contribution is 6.17. The second-order valence-electron chi connectivity index (χ2n) is 1.82. The largest absolute Gasteiger partial charge is 0.478 e. The van der Waals surface area contributed by atoms with Crippen LogP contribution in [-0.2, 0) is 9.59 Å². The zero-order valence-corrected chi connectivity index (χ0v) is 5.50. The number of carbonyl (C=O) groups excluding carboxylic acids is 1. The molecule has 0 aliphatic heterocycles. The Morgan fingerprint density at radius 2 is 1.90 bits per heavy atom. The molecule has 0 aromatic rings. The van der Waals surface area contributed by atoms with Crippen LogP contribution in [-0.4, -0.2) is 28.1 Å². The molecule has 0 aromatic heterocycles. The van der Waals surface area contributed by atoms with Crippen LogP contribution in [0, 0.1) is 0 Å². The standard InChI is InChI=1S/C6H8O4/c1-3(6(9)10)5(8)4(2)7/h4,7H,1H2,2H3,(H,9,10). The third-order valence-corrected chi connectivity index (χ3v) is 0.935. The normalized spacial score (nSPS) is 12.2. The lowest BCUT2D eigenvalue weighted by Gasteiger charge is -2.00. The third kappa shape index (κ3) is 1.99. The summed E-state index contributed by atoms with van der Waals surface area (Å²) in [5.41, 5.74) is -0.588. The topological polar surface area (TPSA) is 74.6 Å². The van der Waals surface area contributed by atoms with E-state index >= 15 is 0 Å². The molecule has 4 heteroatoms. The van der Waals surface area contributed by atoms with Gasteiger partial charge in [0.1, 0.15) is 6.10 Å². The van der Waals surface area contributed by atoms with E-state index in [4.69, 9.17) is 10.2 Å². The molecular formula is C6H8O4. The summed E-state index contributed by atoms with van der Waals surface area (Å²) in [6, 6.07) is 0. The second-order valence-corrected chi connectivity index (χ2v) is 1.82. The van der Waals surface area contributed by atoms with Crippen LogP contribution < -0.4 is 0 Å². The van der Waals surface area contributed by atoms with Gasteiger partial charge in [-0.1, -0.05) is 6.58 Å². The van der Waals surface area contributed by atoms with Gasteiger partial charge in [0.25, 0.3) is 0 Å². The van der Waals surface area contributed by atoms with E-state index in [1.807, 2.05) is 0 Å². The molecule has 0 radical (unpaired) electrons. The molecule has 0 aliphatic carbocycles. The van der Waals surface area contributed by atoms with Gasteiger partial charge in [0.15, 0.2) is 5.78 Å². The summed E-state index contributed by atoms with van der Waals surface area (Å²) in [6.45, 7) is 4.16. The van der Waals surface area contributed by atoms with Gasteiger partial charge < -0.3 is 10.2 Å². The highest BCUT2D eigenvalue weighted by Gasteiger charge is 2.18. The Labute approximate surface area is 57.8 Å². The van der Waals surface area contributed by atoms with Gasteiger partial charge in [-0.2, -0.15) is 0 Å². The van der Waals surface area contributed by atoms with Crippen molar-refractivity contribution >= 4 is 11.8 Å². The molecule has 0 rings (SSSR count). The molecule has 0 heterocycles. The maximum absolute atomic E-state index is 10.6. The van der Waals surface area contributed by atoms with Crippen molar-refractivity contribution in [2.24, 2.45) is 0 Å². The number of ketones is 1. The first-order chi connectivity index (χ1) is 4.46. The highest BCUT2D eigenvalue weighted by Crippen LogP contribution is 1.96. The Morgan fingerprint density at radius 3 is 2.00 bits per heavy atom.